The van der Waals surface area contributed by atoms with Crippen LogP contribution in [-0.2, 0) is 17.7 Å². The smallest absolute Gasteiger partial charge is 0.360 e. The molecule has 0 aliphatic carbocycles. The molecule has 0 radical (unpaired) electrons. The van der Waals surface area contributed by atoms with Crippen molar-refractivity contribution in [3.05, 3.63) is 45.2 Å². The minimum absolute atomic E-state index is 0.236. The molecule has 0 aliphatic rings. The van der Waals surface area contributed by atoms with E-state index in [2.05, 4.69) is 15.0 Å². The zero-order valence-corrected chi connectivity index (χ0v) is 12.6. The number of aromatic nitrogens is 3. The third kappa shape index (κ3) is 2.94. The number of benzene rings is 1. The van der Waals surface area contributed by atoms with Gasteiger partial charge in [0.2, 0.25) is 0 Å². The van der Waals surface area contributed by atoms with E-state index in [0.29, 0.717) is 28.7 Å². The first-order valence-corrected chi connectivity index (χ1v) is 6.77. The van der Waals surface area contributed by atoms with E-state index in [1.54, 1.807) is 16.8 Å². The molecule has 2 aromatic rings. The quantitative estimate of drug-likeness (QED) is 0.814. The van der Waals surface area contributed by atoms with Gasteiger partial charge in [0.05, 0.1) is 19.3 Å². The first kappa shape index (κ1) is 14.8. The molecule has 7 heteroatoms. The fourth-order valence-corrected chi connectivity index (χ4v) is 2.34. The van der Waals surface area contributed by atoms with Crippen molar-refractivity contribution >= 4 is 29.2 Å². The van der Waals surface area contributed by atoms with Crippen LogP contribution in [0, 0.1) is 0 Å². The van der Waals surface area contributed by atoms with Gasteiger partial charge in [-0.15, -0.1) is 5.10 Å². The summed E-state index contributed by atoms with van der Waals surface area (Å²) >= 11 is 12.0. The highest BCUT2D eigenvalue weighted by atomic mass is 35.5. The van der Waals surface area contributed by atoms with E-state index < -0.39 is 5.97 Å². The second-order valence-electron chi connectivity index (χ2n) is 4.12. The lowest BCUT2D eigenvalue weighted by Crippen LogP contribution is -2.10. The highest BCUT2D eigenvalue weighted by Gasteiger charge is 2.19. The lowest BCUT2D eigenvalue weighted by atomic mass is 10.2. The molecule has 2 rings (SSSR count). The fraction of sp³-hybridized carbons (Fsp3) is 0.308. The summed E-state index contributed by atoms with van der Waals surface area (Å²) in [5.74, 6) is -0.490. The highest BCUT2D eigenvalue weighted by Crippen LogP contribution is 2.22. The summed E-state index contributed by atoms with van der Waals surface area (Å²) < 4.78 is 6.32. The molecule has 1 heterocycles. The standard InChI is InChI=1S/C13H13Cl2N3O2/c1-3-11-12(13(19)20-2)16-17-18(11)7-8-4-5-9(14)6-10(8)15/h4-6H,3,7H2,1-2H3. The van der Waals surface area contributed by atoms with Gasteiger partial charge in [0.15, 0.2) is 5.69 Å². The fourth-order valence-electron chi connectivity index (χ4n) is 1.88. The Morgan fingerprint density at radius 3 is 2.75 bits per heavy atom. The maximum Gasteiger partial charge on any atom is 0.360 e. The van der Waals surface area contributed by atoms with Gasteiger partial charge in [0, 0.05) is 10.0 Å². The molecule has 5 nitrogen and oxygen atoms in total. The minimum Gasteiger partial charge on any atom is -0.464 e. The SMILES string of the molecule is CCc1c(C(=O)OC)nnn1Cc1ccc(Cl)cc1Cl. The molecule has 0 unspecified atom stereocenters. The van der Waals surface area contributed by atoms with Gasteiger partial charge < -0.3 is 4.74 Å². The monoisotopic (exact) mass is 313 g/mol. The predicted molar refractivity (Wildman–Crippen MR) is 76.3 cm³/mol. The number of carbonyl (C=O) groups is 1. The average molecular weight is 314 g/mol. The van der Waals surface area contributed by atoms with Crippen LogP contribution in [0.2, 0.25) is 10.0 Å². The van der Waals surface area contributed by atoms with Crippen LogP contribution < -0.4 is 0 Å². The molecule has 0 fully saturated rings. The topological polar surface area (TPSA) is 57.0 Å². The number of ether oxygens (including phenoxy) is 1. The molecule has 0 spiro atoms. The van der Waals surface area contributed by atoms with Crippen molar-refractivity contribution in [2.45, 2.75) is 19.9 Å². The van der Waals surface area contributed by atoms with Crippen molar-refractivity contribution in [3.8, 4) is 0 Å². The van der Waals surface area contributed by atoms with E-state index in [0.717, 1.165) is 5.56 Å². The Labute approximate surface area is 126 Å². The molecule has 0 saturated heterocycles. The zero-order valence-electron chi connectivity index (χ0n) is 11.1. The van der Waals surface area contributed by atoms with Gasteiger partial charge in [-0.05, 0) is 24.1 Å². The summed E-state index contributed by atoms with van der Waals surface area (Å²) in [6.45, 7) is 2.34. The molecular formula is C13H13Cl2N3O2. The van der Waals surface area contributed by atoms with Gasteiger partial charge in [-0.25, -0.2) is 9.48 Å². The molecule has 1 aromatic carbocycles. The molecule has 1 aromatic heterocycles. The van der Waals surface area contributed by atoms with Crippen LogP contribution in [0.1, 0.15) is 28.7 Å². The van der Waals surface area contributed by atoms with Gasteiger partial charge in [-0.1, -0.05) is 41.4 Å². The molecule has 20 heavy (non-hydrogen) atoms. The number of methoxy groups -OCH3 is 1. The molecule has 0 saturated carbocycles. The summed E-state index contributed by atoms with van der Waals surface area (Å²) in [4.78, 5) is 11.6. The summed E-state index contributed by atoms with van der Waals surface area (Å²) in [6.07, 6.45) is 0.614. The van der Waals surface area contributed by atoms with Gasteiger partial charge >= 0.3 is 5.97 Å². The Kier molecular flexibility index (Phi) is 4.62. The van der Waals surface area contributed by atoms with Crippen LogP contribution in [0.15, 0.2) is 18.2 Å². The Bertz CT molecular complexity index is 641. The van der Waals surface area contributed by atoms with E-state index in [-0.39, 0.29) is 5.69 Å². The van der Waals surface area contributed by atoms with E-state index >= 15 is 0 Å². The van der Waals surface area contributed by atoms with Gasteiger partial charge in [0.1, 0.15) is 0 Å². The normalized spacial score (nSPS) is 10.6. The van der Waals surface area contributed by atoms with Crippen molar-refractivity contribution in [2.24, 2.45) is 0 Å². The predicted octanol–water partition coefficient (Wildman–Crippen LogP) is 2.98. The number of halogens is 2. The lowest BCUT2D eigenvalue weighted by Gasteiger charge is -2.07. The van der Waals surface area contributed by atoms with Crippen molar-refractivity contribution in [3.63, 3.8) is 0 Å². The van der Waals surface area contributed by atoms with E-state index in [1.165, 1.54) is 7.11 Å². The number of rotatable bonds is 4. The van der Waals surface area contributed by atoms with Crippen molar-refractivity contribution in [1.29, 1.82) is 0 Å². The zero-order chi connectivity index (χ0) is 14.7. The van der Waals surface area contributed by atoms with Gasteiger partial charge in [0.25, 0.3) is 0 Å². The summed E-state index contributed by atoms with van der Waals surface area (Å²) in [5.41, 5.74) is 1.80. The highest BCUT2D eigenvalue weighted by molar-refractivity contribution is 6.35. The van der Waals surface area contributed by atoms with Crippen LogP contribution in [0.25, 0.3) is 0 Å². The van der Waals surface area contributed by atoms with Crippen molar-refractivity contribution in [1.82, 2.24) is 15.0 Å². The van der Waals surface area contributed by atoms with Crippen LogP contribution in [-0.4, -0.2) is 28.1 Å². The second-order valence-corrected chi connectivity index (χ2v) is 4.97. The maximum atomic E-state index is 11.6. The number of nitrogens with zero attached hydrogens (tertiary/aromatic N) is 3. The van der Waals surface area contributed by atoms with Crippen LogP contribution in [0.4, 0.5) is 0 Å². The van der Waals surface area contributed by atoms with Crippen molar-refractivity contribution in [2.75, 3.05) is 7.11 Å². The number of hydrogen-bond donors (Lipinski definition) is 0. The lowest BCUT2D eigenvalue weighted by molar-refractivity contribution is 0.0592. The third-order valence-corrected chi connectivity index (χ3v) is 3.47. The molecule has 0 N–H and O–H groups in total. The summed E-state index contributed by atoms with van der Waals surface area (Å²) in [6, 6.07) is 5.25. The Balaban J connectivity index is 2.34. The molecule has 0 atom stereocenters. The van der Waals surface area contributed by atoms with Gasteiger partial charge in [-0.3, -0.25) is 0 Å². The third-order valence-electron chi connectivity index (χ3n) is 2.89. The van der Waals surface area contributed by atoms with Crippen LogP contribution >= 0.6 is 23.2 Å². The molecule has 106 valence electrons. The van der Waals surface area contributed by atoms with E-state index in [9.17, 15) is 4.79 Å². The number of hydrogen-bond acceptors (Lipinski definition) is 4. The Morgan fingerprint density at radius 1 is 1.40 bits per heavy atom. The second kappa shape index (κ2) is 6.24. The first-order chi connectivity index (χ1) is 9.56. The maximum absolute atomic E-state index is 11.6. The van der Waals surface area contributed by atoms with Crippen LogP contribution in [0.5, 0.6) is 0 Å². The molecule has 0 bridgehead atoms. The van der Waals surface area contributed by atoms with E-state index in [4.69, 9.17) is 23.2 Å². The molecular weight excluding hydrogens is 301 g/mol. The molecule has 0 aliphatic heterocycles. The van der Waals surface area contributed by atoms with E-state index in [1.807, 2.05) is 13.0 Å². The number of carbonyl (C=O) groups excluding carboxylic acids is 1. The largest absolute Gasteiger partial charge is 0.464 e. The minimum atomic E-state index is -0.490. The first-order valence-electron chi connectivity index (χ1n) is 6.01. The Morgan fingerprint density at radius 2 is 2.15 bits per heavy atom. The average Bonchev–Trinajstić information content (AvgIpc) is 2.83. The number of esters is 1. The Hall–Kier alpha value is -1.59. The summed E-state index contributed by atoms with van der Waals surface area (Å²) in [7, 11) is 1.32. The van der Waals surface area contributed by atoms with Crippen molar-refractivity contribution < 1.29 is 9.53 Å². The van der Waals surface area contributed by atoms with Crippen LogP contribution in [0.3, 0.4) is 0 Å². The molecule has 0 amide bonds. The summed E-state index contributed by atoms with van der Waals surface area (Å²) in [5, 5.41) is 8.98. The van der Waals surface area contributed by atoms with Gasteiger partial charge in [-0.2, -0.15) is 0 Å².